The minimum absolute atomic E-state index is 0.158. The predicted molar refractivity (Wildman–Crippen MR) is 99.6 cm³/mol. The molecular formula is C18H17N3O3S. The number of carbonyl (C=O) groups excluding carboxylic acids is 1. The van der Waals surface area contributed by atoms with E-state index in [1.807, 2.05) is 20.8 Å². The molecule has 0 aliphatic carbocycles. The van der Waals surface area contributed by atoms with Crippen molar-refractivity contribution < 1.29 is 14.7 Å². The van der Waals surface area contributed by atoms with Crippen LogP contribution >= 0.6 is 11.3 Å². The molecule has 1 amide bonds. The second kappa shape index (κ2) is 6.18. The standard InChI is InChI=1S/C18H17N3O3S/c1-8-9(2)13-14(19)15(25-17(13)20-10(8)3)16(22)21-12-6-4-11(5-7-12)18(23)24/h4-7H,19H2,1-3H3,(H,21,22)(H,23,24). The number of nitrogens with one attached hydrogen (secondary N) is 1. The van der Waals surface area contributed by atoms with Gasteiger partial charge in [0.25, 0.3) is 5.91 Å². The molecule has 0 saturated carbocycles. The monoisotopic (exact) mass is 355 g/mol. The smallest absolute Gasteiger partial charge is 0.335 e. The molecule has 2 heterocycles. The maximum Gasteiger partial charge on any atom is 0.335 e. The van der Waals surface area contributed by atoms with E-state index >= 15 is 0 Å². The van der Waals surface area contributed by atoms with Crippen LogP contribution in [0.2, 0.25) is 0 Å². The van der Waals surface area contributed by atoms with Crippen molar-refractivity contribution in [1.29, 1.82) is 0 Å². The number of carboxylic acids is 1. The Morgan fingerprint density at radius 3 is 2.36 bits per heavy atom. The number of carboxylic acid groups (broad SMARTS) is 1. The first kappa shape index (κ1) is 16.9. The lowest BCUT2D eigenvalue weighted by atomic mass is 10.1. The van der Waals surface area contributed by atoms with Crippen molar-refractivity contribution >= 4 is 44.8 Å². The molecule has 128 valence electrons. The number of aromatic nitrogens is 1. The summed E-state index contributed by atoms with van der Waals surface area (Å²) in [5.41, 5.74) is 10.3. The molecule has 0 spiro atoms. The van der Waals surface area contributed by atoms with E-state index in [2.05, 4.69) is 10.3 Å². The molecule has 2 aromatic heterocycles. The van der Waals surface area contributed by atoms with E-state index in [1.165, 1.54) is 23.5 Å². The van der Waals surface area contributed by atoms with Crippen LogP contribution in [0.4, 0.5) is 11.4 Å². The van der Waals surface area contributed by atoms with Gasteiger partial charge in [0.15, 0.2) is 0 Å². The Labute approximate surface area is 148 Å². The Morgan fingerprint density at radius 1 is 1.12 bits per heavy atom. The highest BCUT2D eigenvalue weighted by Crippen LogP contribution is 2.36. The molecular weight excluding hydrogens is 338 g/mol. The van der Waals surface area contributed by atoms with Crippen LogP contribution in [0.15, 0.2) is 24.3 Å². The summed E-state index contributed by atoms with van der Waals surface area (Å²) in [6.45, 7) is 5.89. The molecule has 7 heteroatoms. The number of pyridine rings is 1. The molecule has 0 fully saturated rings. The average molecular weight is 355 g/mol. The summed E-state index contributed by atoms with van der Waals surface area (Å²) in [6, 6.07) is 5.96. The lowest BCUT2D eigenvalue weighted by molar-refractivity contribution is 0.0696. The number of benzene rings is 1. The number of fused-ring (bicyclic) bond motifs is 1. The van der Waals surface area contributed by atoms with Gasteiger partial charge >= 0.3 is 5.97 Å². The van der Waals surface area contributed by atoms with Crippen LogP contribution < -0.4 is 11.1 Å². The van der Waals surface area contributed by atoms with Gasteiger partial charge in [0.05, 0.1) is 11.3 Å². The van der Waals surface area contributed by atoms with Gasteiger partial charge in [-0.2, -0.15) is 0 Å². The van der Waals surface area contributed by atoms with Crippen molar-refractivity contribution in [3.05, 3.63) is 51.5 Å². The Hall–Kier alpha value is -2.93. The number of anilines is 2. The Balaban J connectivity index is 1.96. The first-order valence-corrected chi connectivity index (χ1v) is 8.41. The van der Waals surface area contributed by atoms with Gasteiger partial charge in [-0.3, -0.25) is 4.79 Å². The highest BCUT2D eigenvalue weighted by atomic mass is 32.1. The van der Waals surface area contributed by atoms with Crippen LogP contribution in [0.25, 0.3) is 10.2 Å². The second-order valence-corrected chi connectivity index (χ2v) is 6.81. The van der Waals surface area contributed by atoms with Gasteiger partial charge in [-0.1, -0.05) is 0 Å². The number of nitrogen functional groups attached to an aromatic ring is 1. The maximum absolute atomic E-state index is 12.6. The third kappa shape index (κ3) is 2.94. The lowest BCUT2D eigenvalue weighted by Crippen LogP contribution is -2.12. The number of aryl methyl sites for hydroxylation is 2. The van der Waals surface area contributed by atoms with Crippen LogP contribution in [0, 0.1) is 20.8 Å². The highest BCUT2D eigenvalue weighted by molar-refractivity contribution is 7.21. The Kier molecular flexibility index (Phi) is 4.18. The molecule has 0 radical (unpaired) electrons. The summed E-state index contributed by atoms with van der Waals surface area (Å²) in [5, 5.41) is 12.5. The molecule has 6 nitrogen and oxygen atoms in total. The second-order valence-electron chi connectivity index (χ2n) is 5.81. The summed E-state index contributed by atoms with van der Waals surface area (Å²) in [6.07, 6.45) is 0. The number of hydrogen-bond acceptors (Lipinski definition) is 5. The van der Waals surface area contributed by atoms with E-state index in [-0.39, 0.29) is 11.5 Å². The zero-order valence-electron chi connectivity index (χ0n) is 14.0. The van der Waals surface area contributed by atoms with Crippen LogP contribution in [0.5, 0.6) is 0 Å². The number of rotatable bonds is 3. The molecule has 0 aliphatic rings. The molecule has 0 aliphatic heterocycles. The summed E-state index contributed by atoms with van der Waals surface area (Å²) < 4.78 is 0. The summed E-state index contributed by atoms with van der Waals surface area (Å²) in [7, 11) is 0. The predicted octanol–water partition coefficient (Wildman–Crippen LogP) is 3.75. The fourth-order valence-electron chi connectivity index (χ4n) is 2.62. The Morgan fingerprint density at radius 2 is 1.76 bits per heavy atom. The number of thiophene rings is 1. The van der Waals surface area contributed by atoms with Crippen molar-refractivity contribution in [3.8, 4) is 0 Å². The number of amides is 1. The van der Waals surface area contributed by atoms with E-state index in [9.17, 15) is 9.59 Å². The van der Waals surface area contributed by atoms with Crippen LogP contribution in [-0.2, 0) is 0 Å². The largest absolute Gasteiger partial charge is 0.478 e. The van der Waals surface area contributed by atoms with Gasteiger partial charge in [-0.05, 0) is 56.2 Å². The van der Waals surface area contributed by atoms with Gasteiger partial charge in [0.1, 0.15) is 9.71 Å². The van der Waals surface area contributed by atoms with Crippen molar-refractivity contribution in [1.82, 2.24) is 4.98 Å². The van der Waals surface area contributed by atoms with Gasteiger partial charge < -0.3 is 16.2 Å². The Bertz CT molecular complexity index is 1010. The van der Waals surface area contributed by atoms with Gasteiger partial charge in [-0.25, -0.2) is 9.78 Å². The molecule has 3 aromatic rings. The van der Waals surface area contributed by atoms with E-state index < -0.39 is 5.97 Å². The number of hydrogen-bond donors (Lipinski definition) is 3. The summed E-state index contributed by atoms with van der Waals surface area (Å²) in [4.78, 5) is 29.1. The van der Waals surface area contributed by atoms with E-state index in [1.54, 1.807) is 12.1 Å². The molecule has 0 bridgehead atoms. The molecule has 3 rings (SSSR count). The normalized spacial score (nSPS) is 10.8. The fraction of sp³-hybridized carbons (Fsp3) is 0.167. The highest BCUT2D eigenvalue weighted by Gasteiger charge is 2.20. The zero-order valence-corrected chi connectivity index (χ0v) is 14.8. The number of carbonyl (C=O) groups is 2. The molecule has 0 atom stereocenters. The lowest BCUT2D eigenvalue weighted by Gasteiger charge is -2.06. The van der Waals surface area contributed by atoms with Crippen molar-refractivity contribution in [2.24, 2.45) is 0 Å². The first-order chi connectivity index (χ1) is 11.8. The van der Waals surface area contributed by atoms with Gasteiger partial charge in [0.2, 0.25) is 0 Å². The van der Waals surface area contributed by atoms with Crippen molar-refractivity contribution in [3.63, 3.8) is 0 Å². The summed E-state index contributed by atoms with van der Waals surface area (Å²) in [5.74, 6) is -1.35. The van der Waals surface area contributed by atoms with Gasteiger partial charge in [-0.15, -0.1) is 11.3 Å². The molecule has 25 heavy (non-hydrogen) atoms. The van der Waals surface area contributed by atoms with Crippen molar-refractivity contribution in [2.45, 2.75) is 20.8 Å². The maximum atomic E-state index is 12.6. The quantitative estimate of drug-likeness (QED) is 0.663. The van der Waals surface area contributed by atoms with E-state index in [4.69, 9.17) is 10.8 Å². The topological polar surface area (TPSA) is 105 Å². The first-order valence-electron chi connectivity index (χ1n) is 7.60. The van der Waals surface area contributed by atoms with Crippen LogP contribution in [0.1, 0.15) is 36.9 Å². The third-order valence-corrected chi connectivity index (χ3v) is 5.37. The fourth-order valence-corrected chi connectivity index (χ4v) is 3.72. The van der Waals surface area contributed by atoms with Crippen LogP contribution in [-0.4, -0.2) is 22.0 Å². The average Bonchev–Trinajstić information content (AvgIpc) is 2.90. The molecule has 4 N–H and O–H groups in total. The van der Waals surface area contributed by atoms with E-state index in [0.29, 0.717) is 16.3 Å². The number of aromatic carboxylic acids is 1. The number of nitrogens with zero attached hydrogens (tertiary/aromatic N) is 1. The SMILES string of the molecule is Cc1nc2sc(C(=O)Nc3ccc(C(=O)O)cc3)c(N)c2c(C)c1C. The third-order valence-electron chi connectivity index (χ3n) is 4.27. The summed E-state index contributed by atoms with van der Waals surface area (Å²) >= 11 is 1.25. The molecule has 1 aromatic carbocycles. The van der Waals surface area contributed by atoms with Crippen molar-refractivity contribution in [2.75, 3.05) is 11.1 Å². The molecule has 0 saturated heterocycles. The number of nitrogens with two attached hydrogens (primary N) is 1. The van der Waals surface area contributed by atoms with Crippen LogP contribution in [0.3, 0.4) is 0 Å². The minimum atomic E-state index is -1.01. The zero-order chi connectivity index (χ0) is 18.3. The van der Waals surface area contributed by atoms with E-state index in [0.717, 1.165) is 27.0 Å². The minimum Gasteiger partial charge on any atom is -0.478 e. The van der Waals surface area contributed by atoms with Gasteiger partial charge in [0, 0.05) is 16.8 Å². The molecule has 0 unspecified atom stereocenters.